The molecule has 0 spiro atoms. The van der Waals surface area contributed by atoms with E-state index in [0.717, 1.165) is 38.8 Å². The van der Waals surface area contributed by atoms with Crippen molar-refractivity contribution in [3.8, 4) is 0 Å². The lowest BCUT2D eigenvalue weighted by molar-refractivity contribution is -0.162. The van der Waals surface area contributed by atoms with Crippen molar-refractivity contribution in [1.82, 2.24) is 4.90 Å². The number of carbonyl (C=O) groups excluding carboxylic acids is 1. The predicted molar refractivity (Wildman–Crippen MR) is 113 cm³/mol. The average Bonchev–Trinajstić information content (AvgIpc) is 2.75. The zero-order valence-electron chi connectivity index (χ0n) is 17.1. The fourth-order valence-corrected chi connectivity index (χ4v) is 3.23. The van der Waals surface area contributed by atoms with Gasteiger partial charge in [-0.1, -0.05) is 87.4 Å². The van der Waals surface area contributed by atoms with Gasteiger partial charge in [0, 0.05) is 6.54 Å². The van der Waals surface area contributed by atoms with Crippen molar-refractivity contribution in [3.63, 3.8) is 0 Å². The molecule has 2 rings (SSSR count). The molecule has 28 heavy (non-hydrogen) atoms. The lowest BCUT2D eigenvalue weighted by Gasteiger charge is -2.28. The van der Waals surface area contributed by atoms with E-state index in [-0.39, 0.29) is 6.61 Å². The van der Waals surface area contributed by atoms with Gasteiger partial charge in [-0.05, 0) is 37.1 Å². The topological polar surface area (TPSA) is 49.8 Å². The van der Waals surface area contributed by atoms with Gasteiger partial charge < -0.3 is 9.84 Å². The maximum Gasteiger partial charge on any atom is 0.347 e. The van der Waals surface area contributed by atoms with Gasteiger partial charge in [-0.2, -0.15) is 0 Å². The summed E-state index contributed by atoms with van der Waals surface area (Å²) < 4.78 is 5.58. The standard InChI is InChI=1S/C24H33NO3/c1-3-5-17-25(18-6-4-2)19-20-28-23(26)24(27,21-13-9-7-10-14-21)22-15-11-8-12-16-22/h7-16,27H,3-6,17-20H2,1-2H3. The minimum absolute atomic E-state index is 0.272. The number of carbonyl (C=O) groups is 1. The Labute approximate surface area is 169 Å². The first-order valence-corrected chi connectivity index (χ1v) is 10.4. The quantitative estimate of drug-likeness (QED) is 0.553. The van der Waals surface area contributed by atoms with Crippen molar-refractivity contribution in [2.24, 2.45) is 0 Å². The number of hydrogen-bond donors (Lipinski definition) is 1. The second kappa shape index (κ2) is 11.6. The van der Waals surface area contributed by atoms with Gasteiger partial charge in [0.05, 0.1) is 0 Å². The van der Waals surface area contributed by atoms with Crippen molar-refractivity contribution in [3.05, 3.63) is 71.8 Å². The van der Waals surface area contributed by atoms with Crippen molar-refractivity contribution >= 4 is 5.97 Å². The van der Waals surface area contributed by atoms with Gasteiger partial charge in [0.25, 0.3) is 0 Å². The van der Waals surface area contributed by atoms with E-state index in [4.69, 9.17) is 4.74 Å². The molecular formula is C24H33NO3. The van der Waals surface area contributed by atoms with Crippen LogP contribution in [0.15, 0.2) is 60.7 Å². The minimum atomic E-state index is -1.81. The number of aliphatic hydroxyl groups is 1. The van der Waals surface area contributed by atoms with Crippen LogP contribution in [0.5, 0.6) is 0 Å². The Balaban J connectivity index is 2.09. The van der Waals surface area contributed by atoms with E-state index in [1.54, 1.807) is 24.3 Å². The molecule has 152 valence electrons. The van der Waals surface area contributed by atoms with Gasteiger partial charge in [0.2, 0.25) is 5.60 Å². The van der Waals surface area contributed by atoms with E-state index in [2.05, 4.69) is 18.7 Å². The Hall–Kier alpha value is -2.17. The third-order valence-corrected chi connectivity index (χ3v) is 4.97. The maximum atomic E-state index is 13.0. The summed E-state index contributed by atoms with van der Waals surface area (Å²) in [6, 6.07) is 18.0. The Bertz CT molecular complexity index is 640. The van der Waals surface area contributed by atoms with Crippen LogP contribution >= 0.6 is 0 Å². The monoisotopic (exact) mass is 383 g/mol. The highest BCUT2D eigenvalue weighted by molar-refractivity contribution is 5.85. The first-order valence-electron chi connectivity index (χ1n) is 10.4. The van der Waals surface area contributed by atoms with Crippen LogP contribution in [0.3, 0.4) is 0 Å². The maximum absolute atomic E-state index is 13.0. The van der Waals surface area contributed by atoms with Crippen LogP contribution in [0.2, 0.25) is 0 Å². The summed E-state index contributed by atoms with van der Waals surface area (Å²) in [7, 11) is 0. The van der Waals surface area contributed by atoms with E-state index < -0.39 is 11.6 Å². The van der Waals surface area contributed by atoms with E-state index in [1.807, 2.05) is 36.4 Å². The Morgan fingerprint density at radius 2 is 1.32 bits per heavy atom. The van der Waals surface area contributed by atoms with Gasteiger partial charge in [-0.25, -0.2) is 4.79 Å². The highest BCUT2D eigenvalue weighted by Gasteiger charge is 2.41. The summed E-state index contributed by atoms with van der Waals surface area (Å²) >= 11 is 0. The third kappa shape index (κ3) is 5.91. The van der Waals surface area contributed by atoms with Gasteiger partial charge in [-0.15, -0.1) is 0 Å². The number of nitrogens with zero attached hydrogens (tertiary/aromatic N) is 1. The molecule has 0 aliphatic rings. The molecule has 0 aliphatic heterocycles. The zero-order valence-corrected chi connectivity index (χ0v) is 17.1. The van der Waals surface area contributed by atoms with Crippen LogP contribution < -0.4 is 0 Å². The second-order valence-corrected chi connectivity index (χ2v) is 7.13. The molecule has 2 aromatic rings. The lowest BCUT2D eigenvalue weighted by atomic mass is 9.86. The normalized spacial score (nSPS) is 11.6. The number of benzene rings is 2. The van der Waals surface area contributed by atoms with E-state index in [0.29, 0.717) is 17.7 Å². The van der Waals surface area contributed by atoms with E-state index in [1.165, 1.54) is 0 Å². The Morgan fingerprint density at radius 3 is 1.75 bits per heavy atom. The summed E-state index contributed by atoms with van der Waals surface area (Å²) in [6.45, 7) is 7.33. The predicted octanol–water partition coefficient (Wildman–Crippen LogP) is 4.37. The van der Waals surface area contributed by atoms with Gasteiger partial charge in [0.15, 0.2) is 0 Å². The van der Waals surface area contributed by atoms with E-state index in [9.17, 15) is 9.90 Å². The number of ether oxygens (including phenoxy) is 1. The molecule has 4 nitrogen and oxygen atoms in total. The first-order chi connectivity index (χ1) is 13.6. The first kappa shape index (κ1) is 22.1. The van der Waals surface area contributed by atoms with Crippen LogP contribution in [-0.2, 0) is 15.1 Å². The molecule has 0 radical (unpaired) electrons. The van der Waals surface area contributed by atoms with Gasteiger partial charge in [0.1, 0.15) is 6.61 Å². The molecule has 0 saturated heterocycles. The number of hydrogen-bond acceptors (Lipinski definition) is 4. The Kier molecular flexibility index (Phi) is 9.18. The highest BCUT2D eigenvalue weighted by Crippen LogP contribution is 2.31. The molecule has 0 unspecified atom stereocenters. The van der Waals surface area contributed by atoms with Crippen molar-refractivity contribution < 1.29 is 14.6 Å². The number of esters is 1. The minimum Gasteiger partial charge on any atom is -0.462 e. The molecular weight excluding hydrogens is 350 g/mol. The van der Waals surface area contributed by atoms with Gasteiger partial charge in [-0.3, -0.25) is 4.90 Å². The largest absolute Gasteiger partial charge is 0.462 e. The molecule has 4 heteroatoms. The summed E-state index contributed by atoms with van der Waals surface area (Å²) in [4.78, 5) is 15.3. The summed E-state index contributed by atoms with van der Waals surface area (Å²) in [5.41, 5.74) is -0.778. The van der Waals surface area contributed by atoms with Crippen LogP contribution in [0.25, 0.3) is 0 Å². The fourth-order valence-electron chi connectivity index (χ4n) is 3.23. The SMILES string of the molecule is CCCCN(CCCC)CCOC(=O)C(O)(c1ccccc1)c1ccccc1. The summed E-state index contributed by atoms with van der Waals surface area (Å²) in [5, 5.41) is 11.4. The lowest BCUT2D eigenvalue weighted by Crippen LogP contribution is -2.40. The van der Waals surface area contributed by atoms with Crippen LogP contribution in [0.1, 0.15) is 50.7 Å². The smallest absolute Gasteiger partial charge is 0.347 e. The van der Waals surface area contributed by atoms with Gasteiger partial charge >= 0.3 is 5.97 Å². The number of unbranched alkanes of at least 4 members (excludes halogenated alkanes) is 2. The van der Waals surface area contributed by atoms with Crippen LogP contribution in [0, 0.1) is 0 Å². The zero-order chi connectivity index (χ0) is 20.2. The third-order valence-electron chi connectivity index (χ3n) is 4.97. The number of rotatable bonds is 12. The molecule has 0 aromatic heterocycles. The highest BCUT2D eigenvalue weighted by atomic mass is 16.5. The summed E-state index contributed by atoms with van der Waals surface area (Å²) in [5.74, 6) is -0.629. The van der Waals surface area contributed by atoms with E-state index >= 15 is 0 Å². The van der Waals surface area contributed by atoms with Crippen molar-refractivity contribution in [1.29, 1.82) is 0 Å². The second-order valence-electron chi connectivity index (χ2n) is 7.13. The molecule has 0 bridgehead atoms. The van der Waals surface area contributed by atoms with Crippen molar-refractivity contribution in [2.75, 3.05) is 26.2 Å². The summed E-state index contributed by atoms with van der Waals surface area (Å²) in [6.07, 6.45) is 4.56. The van der Waals surface area contributed by atoms with Crippen LogP contribution in [-0.4, -0.2) is 42.2 Å². The molecule has 0 atom stereocenters. The fraction of sp³-hybridized carbons (Fsp3) is 0.458. The Morgan fingerprint density at radius 1 is 0.857 bits per heavy atom. The molecule has 2 aromatic carbocycles. The molecule has 0 fully saturated rings. The van der Waals surface area contributed by atoms with Crippen LogP contribution in [0.4, 0.5) is 0 Å². The average molecular weight is 384 g/mol. The molecule has 0 heterocycles. The molecule has 0 saturated carbocycles. The molecule has 0 amide bonds. The van der Waals surface area contributed by atoms with Crippen molar-refractivity contribution in [2.45, 2.75) is 45.1 Å². The molecule has 1 N–H and O–H groups in total. The molecule has 0 aliphatic carbocycles.